The average molecular weight is 174 g/mol. The Morgan fingerprint density at radius 1 is 1.46 bits per heavy atom. The summed E-state index contributed by atoms with van der Waals surface area (Å²) in [4.78, 5) is 4.12. The van der Waals surface area contributed by atoms with Gasteiger partial charge in [0, 0.05) is 6.20 Å². The Hall–Kier alpha value is -1.36. The number of hydrogen-bond acceptors (Lipinski definition) is 2. The zero-order valence-corrected chi connectivity index (χ0v) is 8.33. The van der Waals surface area contributed by atoms with Crippen molar-refractivity contribution in [2.45, 2.75) is 32.6 Å². The van der Waals surface area contributed by atoms with E-state index in [0.29, 0.717) is 6.42 Å². The highest BCUT2D eigenvalue weighted by atomic mass is 14.7. The molecular formula is C11H14N2. The maximum atomic E-state index is 8.52. The van der Waals surface area contributed by atoms with Gasteiger partial charge in [-0.3, -0.25) is 4.98 Å². The maximum absolute atomic E-state index is 8.52. The minimum Gasteiger partial charge on any atom is -0.260 e. The number of nitriles is 1. The molecule has 0 atom stereocenters. The molecule has 0 saturated carbocycles. The van der Waals surface area contributed by atoms with Crippen LogP contribution >= 0.6 is 0 Å². The van der Waals surface area contributed by atoms with Crippen LogP contribution in [0.5, 0.6) is 0 Å². The first-order valence-electron chi connectivity index (χ1n) is 4.36. The summed E-state index contributed by atoms with van der Waals surface area (Å²) in [5, 5.41) is 8.52. The van der Waals surface area contributed by atoms with Gasteiger partial charge < -0.3 is 0 Å². The quantitative estimate of drug-likeness (QED) is 0.655. The third-order valence-corrected chi connectivity index (χ3v) is 1.94. The van der Waals surface area contributed by atoms with Gasteiger partial charge in [0.15, 0.2) is 0 Å². The van der Waals surface area contributed by atoms with Crippen LogP contribution in [0.1, 0.15) is 32.0 Å². The van der Waals surface area contributed by atoms with Crippen molar-refractivity contribution < 1.29 is 0 Å². The summed E-state index contributed by atoms with van der Waals surface area (Å²) in [5.74, 6) is 0. The Morgan fingerprint density at radius 3 is 2.69 bits per heavy atom. The van der Waals surface area contributed by atoms with Crippen LogP contribution in [0, 0.1) is 11.3 Å². The van der Waals surface area contributed by atoms with Gasteiger partial charge in [0.25, 0.3) is 0 Å². The Bertz CT molecular complexity index is 329. The van der Waals surface area contributed by atoms with Crippen LogP contribution < -0.4 is 0 Å². The molecule has 0 aromatic carbocycles. The summed E-state index contributed by atoms with van der Waals surface area (Å²) in [6.07, 6.45) is 2.16. The second-order valence-electron chi connectivity index (χ2n) is 4.12. The topological polar surface area (TPSA) is 36.7 Å². The van der Waals surface area contributed by atoms with Gasteiger partial charge in [0.2, 0.25) is 0 Å². The van der Waals surface area contributed by atoms with Crippen molar-refractivity contribution in [1.29, 1.82) is 5.26 Å². The molecule has 0 spiro atoms. The molecule has 1 aromatic heterocycles. The van der Waals surface area contributed by atoms with Crippen molar-refractivity contribution >= 4 is 0 Å². The molecule has 0 fully saturated rings. The van der Waals surface area contributed by atoms with Crippen LogP contribution in [-0.2, 0) is 11.8 Å². The molecule has 0 saturated heterocycles. The molecule has 0 unspecified atom stereocenters. The number of aromatic nitrogens is 1. The summed E-state index contributed by atoms with van der Waals surface area (Å²) >= 11 is 0. The maximum Gasteiger partial charge on any atom is 0.0774 e. The summed E-state index contributed by atoms with van der Waals surface area (Å²) < 4.78 is 0. The molecule has 2 nitrogen and oxygen atoms in total. The van der Waals surface area contributed by atoms with Crippen LogP contribution in [0.3, 0.4) is 0 Å². The lowest BCUT2D eigenvalue weighted by atomic mass is 9.87. The van der Waals surface area contributed by atoms with Gasteiger partial charge in [0.05, 0.1) is 18.2 Å². The van der Waals surface area contributed by atoms with E-state index in [9.17, 15) is 0 Å². The minimum atomic E-state index is 0.132. The molecule has 1 heterocycles. The van der Waals surface area contributed by atoms with E-state index in [2.05, 4.69) is 31.8 Å². The Balaban J connectivity index is 3.00. The van der Waals surface area contributed by atoms with Crippen LogP contribution in [0.2, 0.25) is 0 Å². The minimum absolute atomic E-state index is 0.132. The van der Waals surface area contributed by atoms with Crippen LogP contribution in [0.15, 0.2) is 18.3 Å². The van der Waals surface area contributed by atoms with Gasteiger partial charge in [-0.1, -0.05) is 20.8 Å². The Morgan fingerprint density at radius 2 is 2.15 bits per heavy atom. The summed E-state index contributed by atoms with van der Waals surface area (Å²) in [5.41, 5.74) is 2.22. The highest BCUT2D eigenvalue weighted by Crippen LogP contribution is 2.21. The van der Waals surface area contributed by atoms with Gasteiger partial charge >= 0.3 is 0 Å². The predicted molar refractivity (Wildman–Crippen MR) is 52.3 cm³/mol. The summed E-state index contributed by atoms with van der Waals surface area (Å²) in [6.45, 7) is 6.45. The number of nitrogens with zero attached hydrogens (tertiary/aromatic N) is 2. The van der Waals surface area contributed by atoms with Crippen LogP contribution in [0.25, 0.3) is 0 Å². The van der Waals surface area contributed by atoms with Crippen LogP contribution in [0.4, 0.5) is 0 Å². The van der Waals surface area contributed by atoms with Gasteiger partial charge in [-0.15, -0.1) is 0 Å². The molecular weight excluding hydrogens is 160 g/mol. The van der Waals surface area contributed by atoms with Crippen molar-refractivity contribution in [2.24, 2.45) is 0 Å². The zero-order valence-electron chi connectivity index (χ0n) is 8.33. The van der Waals surface area contributed by atoms with Crippen molar-refractivity contribution in [1.82, 2.24) is 4.98 Å². The van der Waals surface area contributed by atoms with Crippen molar-refractivity contribution in [3.8, 4) is 6.07 Å². The average Bonchev–Trinajstić information content (AvgIpc) is 2.04. The smallest absolute Gasteiger partial charge is 0.0774 e. The third kappa shape index (κ3) is 2.55. The molecule has 13 heavy (non-hydrogen) atoms. The molecule has 0 amide bonds. The molecule has 0 aliphatic rings. The molecule has 0 aliphatic heterocycles. The Kier molecular flexibility index (Phi) is 2.67. The first-order valence-corrected chi connectivity index (χ1v) is 4.36. The fourth-order valence-corrected chi connectivity index (χ4v) is 1.12. The van der Waals surface area contributed by atoms with Crippen molar-refractivity contribution in [2.75, 3.05) is 0 Å². The van der Waals surface area contributed by atoms with Crippen LogP contribution in [-0.4, -0.2) is 4.98 Å². The molecule has 0 N–H and O–H groups in total. The van der Waals surface area contributed by atoms with E-state index >= 15 is 0 Å². The monoisotopic (exact) mass is 174 g/mol. The second kappa shape index (κ2) is 3.57. The molecule has 0 aliphatic carbocycles. The van der Waals surface area contributed by atoms with Crippen molar-refractivity contribution in [3.05, 3.63) is 29.6 Å². The highest BCUT2D eigenvalue weighted by molar-refractivity contribution is 5.24. The van der Waals surface area contributed by atoms with E-state index in [0.717, 1.165) is 5.69 Å². The van der Waals surface area contributed by atoms with Gasteiger partial charge in [-0.2, -0.15) is 5.26 Å². The van der Waals surface area contributed by atoms with Gasteiger partial charge in [-0.05, 0) is 23.1 Å². The summed E-state index contributed by atoms with van der Waals surface area (Å²) in [7, 11) is 0. The fraction of sp³-hybridized carbons (Fsp3) is 0.455. The van der Waals surface area contributed by atoms with E-state index in [1.807, 2.05) is 12.1 Å². The highest BCUT2D eigenvalue weighted by Gasteiger charge is 2.13. The zero-order chi connectivity index (χ0) is 9.90. The van der Waals surface area contributed by atoms with E-state index in [1.54, 1.807) is 6.20 Å². The lowest BCUT2D eigenvalue weighted by Crippen LogP contribution is -2.11. The number of pyridine rings is 1. The molecule has 1 rings (SSSR count). The second-order valence-corrected chi connectivity index (χ2v) is 4.12. The van der Waals surface area contributed by atoms with E-state index in [1.165, 1.54) is 5.56 Å². The fourth-order valence-electron chi connectivity index (χ4n) is 1.12. The largest absolute Gasteiger partial charge is 0.260 e. The van der Waals surface area contributed by atoms with E-state index < -0.39 is 0 Å². The van der Waals surface area contributed by atoms with E-state index in [-0.39, 0.29) is 5.41 Å². The van der Waals surface area contributed by atoms with Gasteiger partial charge in [0.1, 0.15) is 0 Å². The molecule has 1 aromatic rings. The summed E-state index contributed by atoms with van der Waals surface area (Å²) in [6, 6.07) is 6.10. The first-order chi connectivity index (χ1) is 6.04. The lowest BCUT2D eigenvalue weighted by molar-refractivity contribution is 0.588. The Labute approximate surface area is 79.2 Å². The third-order valence-electron chi connectivity index (χ3n) is 1.94. The van der Waals surface area contributed by atoms with Crippen molar-refractivity contribution in [3.63, 3.8) is 0 Å². The predicted octanol–water partition coefficient (Wildman–Crippen LogP) is 2.45. The standard InChI is InChI=1S/C11H14N2/c1-11(2,3)9-5-7-13-10(8-9)4-6-12/h5,7-8H,4H2,1-3H3. The molecule has 0 radical (unpaired) electrons. The number of rotatable bonds is 1. The molecule has 2 heteroatoms. The van der Waals surface area contributed by atoms with E-state index in [4.69, 9.17) is 5.26 Å². The normalized spacial score (nSPS) is 10.9. The van der Waals surface area contributed by atoms with Gasteiger partial charge in [-0.25, -0.2) is 0 Å². The lowest BCUT2D eigenvalue weighted by Gasteiger charge is -2.18. The SMILES string of the molecule is CC(C)(C)c1ccnc(CC#N)c1. The first kappa shape index (κ1) is 9.73. The number of hydrogen-bond donors (Lipinski definition) is 0. The molecule has 0 bridgehead atoms. The molecule has 68 valence electrons.